The van der Waals surface area contributed by atoms with E-state index in [9.17, 15) is 4.79 Å². The highest BCUT2D eigenvalue weighted by Crippen LogP contribution is 2.08. The van der Waals surface area contributed by atoms with E-state index in [0.29, 0.717) is 12.3 Å². The van der Waals surface area contributed by atoms with Gasteiger partial charge in [-0.05, 0) is 24.8 Å². The third kappa shape index (κ3) is 5.43. The van der Waals surface area contributed by atoms with E-state index in [2.05, 4.69) is 19.9 Å². The quantitative estimate of drug-likeness (QED) is 0.855. The van der Waals surface area contributed by atoms with E-state index in [1.807, 2.05) is 32.2 Å². The summed E-state index contributed by atoms with van der Waals surface area (Å²) >= 11 is 0. The third-order valence-corrected chi connectivity index (χ3v) is 3.52. The number of carbonyl (C=O) groups excluding carboxylic acids is 1. The van der Waals surface area contributed by atoms with Crippen LogP contribution in [-0.2, 0) is 11.2 Å². The van der Waals surface area contributed by atoms with Crippen LogP contribution in [0.25, 0.3) is 0 Å². The molecule has 2 N–H and O–H groups in total. The summed E-state index contributed by atoms with van der Waals surface area (Å²) in [4.78, 5) is 13.9. The van der Waals surface area contributed by atoms with E-state index in [-0.39, 0.29) is 11.9 Å². The lowest BCUT2D eigenvalue weighted by Gasteiger charge is -2.21. The molecule has 0 heterocycles. The Kier molecular flexibility index (Phi) is 6.03. The lowest BCUT2D eigenvalue weighted by molar-refractivity contribution is -0.129. The largest absolute Gasteiger partial charge is 0.345 e. The molecule has 19 heavy (non-hydrogen) atoms. The maximum absolute atomic E-state index is 12.1. The Balaban J connectivity index is 2.45. The Morgan fingerprint density at radius 3 is 2.63 bits per heavy atom. The number of hydrogen-bond acceptors (Lipinski definition) is 2. The van der Waals surface area contributed by atoms with Crippen molar-refractivity contribution in [2.24, 2.45) is 11.7 Å². The van der Waals surface area contributed by atoms with E-state index in [0.717, 1.165) is 18.5 Å². The maximum atomic E-state index is 12.1. The monoisotopic (exact) mass is 262 g/mol. The number of nitrogens with two attached hydrogens (primary N) is 1. The molecule has 0 saturated heterocycles. The summed E-state index contributed by atoms with van der Waals surface area (Å²) in [7, 11) is 1.85. The van der Waals surface area contributed by atoms with Crippen molar-refractivity contribution in [3.8, 4) is 0 Å². The molecule has 0 aliphatic carbocycles. The van der Waals surface area contributed by atoms with E-state index >= 15 is 0 Å². The lowest BCUT2D eigenvalue weighted by atomic mass is 10.0. The predicted octanol–water partition coefficient (Wildman–Crippen LogP) is 2.37. The summed E-state index contributed by atoms with van der Waals surface area (Å²) in [6.07, 6.45) is 1.32. The van der Waals surface area contributed by atoms with E-state index in [1.165, 1.54) is 5.56 Å². The molecule has 0 aromatic heterocycles. The molecule has 1 aromatic carbocycles. The molecule has 1 amide bonds. The molecule has 0 bridgehead atoms. The van der Waals surface area contributed by atoms with Crippen molar-refractivity contribution in [1.29, 1.82) is 0 Å². The minimum Gasteiger partial charge on any atom is -0.345 e. The average molecular weight is 262 g/mol. The zero-order chi connectivity index (χ0) is 14.4. The number of nitrogens with zero attached hydrogens (tertiary/aromatic N) is 1. The van der Waals surface area contributed by atoms with Gasteiger partial charge in [0.05, 0.1) is 6.42 Å². The number of likely N-dealkylation sites (N-methyl/N-ethyl adjacent to an activating group) is 1. The normalized spacial score (nSPS) is 12.5. The third-order valence-electron chi connectivity index (χ3n) is 3.52. The summed E-state index contributed by atoms with van der Waals surface area (Å²) in [6, 6.07) is 8.25. The first-order chi connectivity index (χ1) is 8.90. The van der Waals surface area contributed by atoms with Crippen LogP contribution in [0.15, 0.2) is 24.3 Å². The molecule has 0 fully saturated rings. The van der Waals surface area contributed by atoms with Gasteiger partial charge in [0, 0.05) is 19.6 Å². The van der Waals surface area contributed by atoms with Gasteiger partial charge in [-0.3, -0.25) is 4.79 Å². The van der Waals surface area contributed by atoms with Crippen LogP contribution >= 0.6 is 0 Å². The van der Waals surface area contributed by atoms with Gasteiger partial charge < -0.3 is 10.6 Å². The molecule has 0 aliphatic heterocycles. The Morgan fingerprint density at radius 1 is 1.37 bits per heavy atom. The number of rotatable bonds is 6. The molecule has 0 radical (unpaired) electrons. The minimum absolute atomic E-state index is 0.154. The highest BCUT2D eigenvalue weighted by Gasteiger charge is 2.13. The van der Waals surface area contributed by atoms with Gasteiger partial charge in [-0.15, -0.1) is 0 Å². The molecule has 3 heteroatoms. The maximum Gasteiger partial charge on any atom is 0.226 e. The van der Waals surface area contributed by atoms with Crippen molar-refractivity contribution in [2.75, 3.05) is 13.6 Å². The molecule has 1 atom stereocenters. The number of aryl methyl sites for hydroxylation is 1. The summed E-state index contributed by atoms with van der Waals surface area (Å²) in [5.74, 6) is 0.613. The van der Waals surface area contributed by atoms with Crippen molar-refractivity contribution >= 4 is 5.91 Å². The molecule has 106 valence electrons. The fourth-order valence-electron chi connectivity index (χ4n) is 1.93. The van der Waals surface area contributed by atoms with Gasteiger partial charge in [0.15, 0.2) is 0 Å². The summed E-state index contributed by atoms with van der Waals surface area (Å²) < 4.78 is 0. The van der Waals surface area contributed by atoms with Gasteiger partial charge in [0.2, 0.25) is 5.91 Å². The number of benzene rings is 1. The Morgan fingerprint density at radius 2 is 2.05 bits per heavy atom. The highest BCUT2D eigenvalue weighted by atomic mass is 16.2. The number of carbonyl (C=O) groups is 1. The van der Waals surface area contributed by atoms with Crippen molar-refractivity contribution in [3.63, 3.8) is 0 Å². The van der Waals surface area contributed by atoms with Gasteiger partial charge in [-0.25, -0.2) is 0 Å². The molecule has 0 aliphatic rings. The Labute approximate surface area is 116 Å². The van der Waals surface area contributed by atoms with E-state index in [4.69, 9.17) is 5.73 Å². The van der Waals surface area contributed by atoms with Crippen LogP contribution in [0.3, 0.4) is 0 Å². The molecule has 1 aromatic rings. The minimum atomic E-state index is 0.154. The van der Waals surface area contributed by atoms with Crippen molar-refractivity contribution < 1.29 is 4.79 Å². The molecule has 3 nitrogen and oxygen atoms in total. The topological polar surface area (TPSA) is 46.3 Å². The standard InChI is InChI=1S/C16H26N2O/c1-12(2)15(17)8-9-18(4)16(19)11-14-7-5-6-13(3)10-14/h5-7,10,12,15H,8-9,11,17H2,1-4H3. The predicted molar refractivity (Wildman–Crippen MR) is 80.0 cm³/mol. The van der Waals surface area contributed by atoms with Gasteiger partial charge in [-0.2, -0.15) is 0 Å². The SMILES string of the molecule is Cc1cccc(CC(=O)N(C)CCC(N)C(C)C)c1. The average Bonchev–Trinajstić information content (AvgIpc) is 2.35. The second kappa shape index (κ2) is 7.29. The van der Waals surface area contributed by atoms with Crippen LogP contribution < -0.4 is 5.73 Å². The molecule has 1 rings (SSSR count). The number of hydrogen-bond donors (Lipinski definition) is 1. The van der Waals surface area contributed by atoms with Gasteiger partial charge in [-0.1, -0.05) is 43.7 Å². The van der Waals surface area contributed by atoms with Crippen LogP contribution in [-0.4, -0.2) is 30.4 Å². The fourth-order valence-corrected chi connectivity index (χ4v) is 1.93. The number of amides is 1. The lowest BCUT2D eigenvalue weighted by Crippen LogP contribution is -2.35. The summed E-state index contributed by atoms with van der Waals surface area (Å²) in [6.45, 7) is 6.99. The first kappa shape index (κ1) is 15.7. The molecular weight excluding hydrogens is 236 g/mol. The first-order valence-electron chi connectivity index (χ1n) is 6.95. The molecular formula is C16H26N2O. The van der Waals surface area contributed by atoms with Crippen LogP contribution in [0, 0.1) is 12.8 Å². The van der Waals surface area contributed by atoms with Gasteiger partial charge in [0.1, 0.15) is 0 Å². The molecule has 1 unspecified atom stereocenters. The van der Waals surface area contributed by atoms with Crippen molar-refractivity contribution in [1.82, 2.24) is 4.90 Å². The summed E-state index contributed by atoms with van der Waals surface area (Å²) in [5, 5.41) is 0. The van der Waals surface area contributed by atoms with Crippen LogP contribution in [0.1, 0.15) is 31.4 Å². The van der Waals surface area contributed by atoms with Gasteiger partial charge >= 0.3 is 0 Å². The Bertz CT molecular complexity index is 415. The Hall–Kier alpha value is -1.35. The van der Waals surface area contributed by atoms with Crippen molar-refractivity contribution in [3.05, 3.63) is 35.4 Å². The van der Waals surface area contributed by atoms with E-state index < -0.39 is 0 Å². The second-order valence-corrected chi connectivity index (χ2v) is 5.68. The van der Waals surface area contributed by atoms with E-state index in [1.54, 1.807) is 4.90 Å². The first-order valence-corrected chi connectivity index (χ1v) is 6.95. The van der Waals surface area contributed by atoms with Gasteiger partial charge in [0.25, 0.3) is 0 Å². The zero-order valence-electron chi connectivity index (χ0n) is 12.5. The van der Waals surface area contributed by atoms with Crippen LogP contribution in [0.5, 0.6) is 0 Å². The second-order valence-electron chi connectivity index (χ2n) is 5.68. The zero-order valence-corrected chi connectivity index (χ0v) is 12.5. The van der Waals surface area contributed by atoms with Crippen LogP contribution in [0.4, 0.5) is 0 Å². The fraction of sp³-hybridized carbons (Fsp3) is 0.562. The smallest absolute Gasteiger partial charge is 0.226 e. The van der Waals surface area contributed by atoms with Crippen LogP contribution in [0.2, 0.25) is 0 Å². The highest BCUT2D eigenvalue weighted by molar-refractivity contribution is 5.78. The van der Waals surface area contributed by atoms with Crippen molar-refractivity contribution in [2.45, 2.75) is 39.7 Å². The molecule has 0 saturated carbocycles. The molecule has 0 spiro atoms. The summed E-state index contributed by atoms with van der Waals surface area (Å²) in [5.41, 5.74) is 8.26.